The van der Waals surface area contributed by atoms with Crippen LogP contribution in [0.5, 0.6) is 0 Å². The lowest BCUT2D eigenvalue weighted by Gasteiger charge is -2.22. The van der Waals surface area contributed by atoms with Crippen molar-refractivity contribution >= 4 is 17.7 Å². The van der Waals surface area contributed by atoms with Crippen LogP contribution in [0, 0.1) is 0 Å². The highest BCUT2D eigenvalue weighted by molar-refractivity contribution is 8.00. The molecule has 1 atom stereocenters. The molecule has 1 aromatic rings. The van der Waals surface area contributed by atoms with Crippen LogP contribution in [-0.4, -0.2) is 30.0 Å². The van der Waals surface area contributed by atoms with Crippen molar-refractivity contribution in [2.24, 2.45) is 0 Å². The highest BCUT2D eigenvalue weighted by Gasteiger charge is 2.23. The van der Waals surface area contributed by atoms with Crippen molar-refractivity contribution in [1.82, 2.24) is 10.6 Å². The molecule has 1 aliphatic heterocycles. The van der Waals surface area contributed by atoms with Gasteiger partial charge in [0.1, 0.15) is 0 Å². The summed E-state index contributed by atoms with van der Waals surface area (Å²) in [5, 5.41) is 7.21. The predicted molar refractivity (Wildman–Crippen MR) is 84.0 cm³/mol. The Hall–Kier alpha value is -1.00. The molecule has 20 heavy (non-hydrogen) atoms. The first-order chi connectivity index (χ1) is 9.83. The SMILES string of the molecule is O=C(CSC1CCNCC1)NC1CCc2ccccc21. The van der Waals surface area contributed by atoms with Crippen molar-refractivity contribution in [3.63, 3.8) is 0 Å². The minimum absolute atomic E-state index is 0.190. The number of piperidine rings is 1. The number of amides is 1. The second-order valence-electron chi connectivity index (χ2n) is 5.62. The zero-order valence-electron chi connectivity index (χ0n) is 11.7. The fourth-order valence-corrected chi connectivity index (χ4v) is 4.14. The molecule has 3 nitrogen and oxygen atoms in total. The Labute approximate surface area is 124 Å². The number of rotatable bonds is 4. The molecule has 0 spiro atoms. The Morgan fingerprint density at radius 2 is 2.05 bits per heavy atom. The fourth-order valence-electron chi connectivity index (χ4n) is 3.10. The number of carbonyl (C=O) groups excluding carboxylic acids is 1. The molecule has 2 aliphatic rings. The lowest BCUT2D eigenvalue weighted by Crippen LogP contribution is -2.32. The number of aryl methyl sites for hydroxylation is 1. The molecule has 2 N–H and O–H groups in total. The minimum atomic E-state index is 0.190. The Morgan fingerprint density at radius 3 is 2.90 bits per heavy atom. The summed E-state index contributed by atoms with van der Waals surface area (Å²) >= 11 is 1.82. The molecule has 1 saturated heterocycles. The monoisotopic (exact) mass is 290 g/mol. The van der Waals surface area contributed by atoms with E-state index < -0.39 is 0 Å². The van der Waals surface area contributed by atoms with Crippen LogP contribution in [0.25, 0.3) is 0 Å². The molecule has 0 aromatic heterocycles. The first kappa shape index (κ1) is 14.0. The second kappa shape index (κ2) is 6.64. The van der Waals surface area contributed by atoms with Gasteiger partial charge < -0.3 is 10.6 Å². The summed E-state index contributed by atoms with van der Waals surface area (Å²) in [6, 6.07) is 8.69. The summed E-state index contributed by atoms with van der Waals surface area (Å²) in [4.78, 5) is 12.1. The van der Waals surface area contributed by atoms with E-state index in [1.807, 2.05) is 11.8 Å². The Morgan fingerprint density at radius 1 is 1.25 bits per heavy atom. The van der Waals surface area contributed by atoms with Gasteiger partial charge in [-0.3, -0.25) is 4.79 Å². The molecular formula is C16H22N2OS. The van der Waals surface area contributed by atoms with Crippen LogP contribution in [-0.2, 0) is 11.2 Å². The summed E-state index contributed by atoms with van der Waals surface area (Å²) in [6.07, 6.45) is 4.50. The quantitative estimate of drug-likeness (QED) is 0.894. The van der Waals surface area contributed by atoms with E-state index in [1.54, 1.807) is 0 Å². The minimum Gasteiger partial charge on any atom is -0.349 e. The van der Waals surface area contributed by atoms with Gasteiger partial charge in [0.05, 0.1) is 11.8 Å². The van der Waals surface area contributed by atoms with E-state index in [1.165, 1.54) is 24.0 Å². The number of thioether (sulfide) groups is 1. The smallest absolute Gasteiger partial charge is 0.230 e. The van der Waals surface area contributed by atoms with Gasteiger partial charge >= 0.3 is 0 Å². The maximum Gasteiger partial charge on any atom is 0.230 e. The molecule has 4 heteroatoms. The Bertz CT molecular complexity index is 471. The number of hydrogen-bond donors (Lipinski definition) is 2. The van der Waals surface area contributed by atoms with Gasteiger partial charge in [-0.2, -0.15) is 0 Å². The lowest BCUT2D eigenvalue weighted by atomic mass is 10.1. The van der Waals surface area contributed by atoms with Crippen LogP contribution in [0.4, 0.5) is 0 Å². The Kier molecular flexibility index (Phi) is 4.63. The third-order valence-corrected chi connectivity index (χ3v) is 5.58. The fraction of sp³-hybridized carbons (Fsp3) is 0.562. The maximum absolute atomic E-state index is 12.1. The normalized spacial score (nSPS) is 22.5. The van der Waals surface area contributed by atoms with Gasteiger partial charge in [-0.05, 0) is 49.9 Å². The van der Waals surface area contributed by atoms with Crippen molar-refractivity contribution in [3.8, 4) is 0 Å². The zero-order chi connectivity index (χ0) is 13.8. The lowest BCUT2D eigenvalue weighted by molar-refractivity contribution is -0.119. The highest BCUT2D eigenvalue weighted by atomic mass is 32.2. The van der Waals surface area contributed by atoms with E-state index >= 15 is 0 Å². The molecule has 3 rings (SSSR count). The molecule has 1 unspecified atom stereocenters. The third kappa shape index (κ3) is 3.36. The van der Waals surface area contributed by atoms with Crippen LogP contribution < -0.4 is 10.6 Å². The van der Waals surface area contributed by atoms with Gasteiger partial charge in [0.25, 0.3) is 0 Å². The molecular weight excluding hydrogens is 268 g/mol. The predicted octanol–water partition coefficient (Wildman–Crippen LogP) is 2.28. The van der Waals surface area contributed by atoms with Crippen LogP contribution in [0.1, 0.15) is 36.4 Å². The first-order valence-corrected chi connectivity index (χ1v) is 8.57. The average Bonchev–Trinajstić information content (AvgIpc) is 2.90. The summed E-state index contributed by atoms with van der Waals surface area (Å²) in [6.45, 7) is 2.19. The van der Waals surface area contributed by atoms with Crippen molar-refractivity contribution in [1.29, 1.82) is 0 Å². The molecule has 1 heterocycles. The van der Waals surface area contributed by atoms with Crippen molar-refractivity contribution < 1.29 is 4.79 Å². The number of nitrogens with one attached hydrogen (secondary N) is 2. The molecule has 1 aromatic carbocycles. The molecule has 0 radical (unpaired) electrons. The van der Waals surface area contributed by atoms with Crippen LogP contribution in [0.15, 0.2) is 24.3 Å². The summed E-state index contributed by atoms with van der Waals surface area (Å²) < 4.78 is 0. The Balaban J connectivity index is 1.47. The van der Waals surface area contributed by atoms with E-state index in [-0.39, 0.29) is 11.9 Å². The third-order valence-electron chi connectivity index (χ3n) is 4.20. The number of hydrogen-bond acceptors (Lipinski definition) is 3. The van der Waals surface area contributed by atoms with Gasteiger partial charge in [-0.25, -0.2) is 0 Å². The van der Waals surface area contributed by atoms with Gasteiger partial charge in [-0.1, -0.05) is 24.3 Å². The standard InChI is InChI=1S/C16H22N2OS/c19-16(11-20-13-7-9-17-10-8-13)18-15-6-5-12-3-1-2-4-14(12)15/h1-4,13,15,17H,5-11H2,(H,18,19). The highest BCUT2D eigenvalue weighted by Crippen LogP contribution is 2.30. The zero-order valence-corrected chi connectivity index (χ0v) is 12.5. The van der Waals surface area contributed by atoms with Crippen LogP contribution >= 0.6 is 11.8 Å². The van der Waals surface area contributed by atoms with Gasteiger partial charge in [0, 0.05) is 5.25 Å². The number of fused-ring (bicyclic) bond motifs is 1. The van der Waals surface area contributed by atoms with E-state index in [2.05, 4.69) is 34.9 Å². The molecule has 0 saturated carbocycles. The van der Waals surface area contributed by atoms with Crippen LogP contribution in [0.2, 0.25) is 0 Å². The first-order valence-electron chi connectivity index (χ1n) is 7.52. The average molecular weight is 290 g/mol. The maximum atomic E-state index is 12.1. The number of carbonyl (C=O) groups is 1. The van der Waals surface area contributed by atoms with E-state index in [4.69, 9.17) is 0 Å². The summed E-state index contributed by atoms with van der Waals surface area (Å²) in [5.74, 6) is 0.791. The van der Waals surface area contributed by atoms with E-state index in [0.29, 0.717) is 11.0 Å². The molecule has 1 fully saturated rings. The molecule has 108 valence electrons. The molecule has 1 aliphatic carbocycles. The van der Waals surface area contributed by atoms with Crippen molar-refractivity contribution in [3.05, 3.63) is 35.4 Å². The van der Waals surface area contributed by atoms with E-state index in [0.717, 1.165) is 25.9 Å². The number of benzene rings is 1. The van der Waals surface area contributed by atoms with E-state index in [9.17, 15) is 4.79 Å². The van der Waals surface area contributed by atoms with Crippen molar-refractivity contribution in [2.75, 3.05) is 18.8 Å². The largest absolute Gasteiger partial charge is 0.349 e. The van der Waals surface area contributed by atoms with Gasteiger partial charge in [0.15, 0.2) is 0 Å². The summed E-state index contributed by atoms with van der Waals surface area (Å²) in [7, 11) is 0. The molecule has 1 amide bonds. The molecule has 0 bridgehead atoms. The topological polar surface area (TPSA) is 41.1 Å². The van der Waals surface area contributed by atoms with Gasteiger partial charge in [-0.15, -0.1) is 11.8 Å². The second-order valence-corrected chi connectivity index (χ2v) is 6.91. The van der Waals surface area contributed by atoms with Crippen molar-refractivity contribution in [2.45, 2.75) is 37.0 Å². The van der Waals surface area contributed by atoms with Gasteiger partial charge in [0.2, 0.25) is 5.91 Å². The summed E-state index contributed by atoms with van der Waals surface area (Å²) in [5.41, 5.74) is 2.71. The van der Waals surface area contributed by atoms with Crippen LogP contribution in [0.3, 0.4) is 0 Å².